The molecule has 1 atom stereocenters. The first kappa shape index (κ1) is 16.5. The molecule has 0 saturated heterocycles. The van der Waals surface area contributed by atoms with E-state index < -0.39 is 30.2 Å². The summed E-state index contributed by atoms with van der Waals surface area (Å²) < 4.78 is 43.4. The van der Waals surface area contributed by atoms with E-state index in [0.717, 1.165) is 12.8 Å². The fourth-order valence-corrected chi connectivity index (χ4v) is 2.78. The highest BCUT2D eigenvalue weighted by atomic mass is 19.4. The first-order chi connectivity index (χ1) is 11.3. The molecule has 1 unspecified atom stereocenters. The van der Waals surface area contributed by atoms with Gasteiger partial charge in [0.15, 0.2) is 5.71 Å². The van der Waals surface area contributed by atoms with Crippen LogP contribution >= 0.6 is 0 Å². The topological polar surface area (TPSA) is 59.0 Å². The quantitative estimate of drug-likeness (QED) is 0.785. The van der Waals surface area contributed by atoms with Crippen LogP contribution in [0.5, 0.6) is 0 Å². The van der Waals surface area contributed by atoms with E-state index in [-0.39, 0.29) is 17.4 Å². The van der Waals surface area contributed by atoms with E-state index in [1.54, 1.807) is 6.07 Å². The molecule has 3 rings (SSSR count). The van der Waals surface area contributed by atoms with Crippen molar-refractivity contribution in [1.29, 1.82) is 0 Å². The number of amides is 1. The number of benzene rings is 1. The molecule has 1 amide bonds. The second-order valence-corrected chi connectivity index (χ2v) is 5.73. The lowest BCUT2D eigenvalue weighted by Gasteiger charge is -2.13. The summed E-state index contributed by atoms with van der Waals surface area (Å²) in [4.78, 5) is 23.8. The number of halogens is 3. The number of unbranched alkanes of at least 4 members (excludes halogenated alkanes) is 1. The van der Waals surface area contributed by atoms with Crippen molar-refractivity contribution >= 4 is 23.3 Å². The first-order valence-electron chi connectivity index (χ1n) is 7.64. The van der Waals surface area contributed by atoms with Crippen molar-refractivity contribution in [2.45, 2.75) is 44.9 Å². The van der Waals surface area contributed by atoms with Gasteiger partial charge < -0.3 is 4.74 Å². The minimum absolute atomic E-state index is 0.131. The monoisotopic (exact) mass is 340 g/mol. The highest BCUT2D eigenvalue weighted by Crippen LogP contribution is 2.37. The summed E-state index contributed by atoms with van der Waals surface area (Å²) in [6, 6.07) is 4.47. The Hall–Kier alpha value is -2.38. The van der Waals surface area contributed by atoms with Crippen LogP contribution in [0, 0.1) is 0 Å². The van der Waals surface area contributed by atoms with Gasteiger partial charge in [0, 0.05) is 5.56 Å². The SMILES string of the molecule is CCCCC1OC(=O)c2cc(N3N=C(C(F)(F)F)CC3=O)ccc21. The number of cyclic esters (lactones) is 1. The Kier molecular flexibility index (Phi) is 4.06. The van der Waals surface area contributed by atoms with Crippen LogP contribution in [0.1, 0.15) is 54.6 Å². The molecule has 0 aliphatic carbocycles. The molecule has 0 saturated carbocycles. The number of carbonyl (C=O) groups is 2. The van der Waals surface area contributed by atoms with Crippen molar-refractivity contribution in [3.05, 3.63) is 29.3 Å². The molecule has 2 aliphatic heterocycles. The maximum absolute atomic E-state index is 12.7. The van der Waals surface area contributed by atoms with Gasteiger partial charge in [-0.3, -0.25) is 4.79 Å². The Labute approximate surface area is 136 Å². The van der Waals surface area contributed by atoms with Gasteiger partial charge in [-0.15, -0.1) is 0 Å². The Balaban J connectivity index is 1.90. The molecule has 24 heavy (non-hydrogen) atoms. The third kappa shape index (κ3) is 2.88. The Morgan fingerprint density at radius 3 is 2.71 bits per heavy atom. The normalized spacial score (nSPS) is 20.2. The third-order valence-electron chi connectivity index (χ3n) is 4.02. The minimum atomic E-state index is -4.65. The summed E-state index contributed by atoms with van der Waals surface area (Å²) in [6.45, 7) is 2.02. The van der Waals surface area contributed by atoms with Crippen LogP contribution in [-0.2, 0) is 9.53 Å². The maximum Gasteiger partial charge on any atom is 0.431 e. The number of ether oxygens (including phenoxy) is 1. The van der Waals surface area contributed by atoms with Crippen molar-refractivity contribution in [3.8, 4) is 0 Å². The van der Waals surface area contributed by atoms with Crippen molar-refractivity contribution in [1.82, 2.24) is 0 Å². The zero-order valence-electron chi connectivity index (χ0n) is 12.9. The molecule has 1 aromatic rings. The number of fused-ring (bicyclic) bond motifs is 1. The summed E-state index contributed by atoms with van der Waals surface area (Å²) in [5, 5.41) is 4.04. The number of hydrogen-bond acceptors (Lipinski definition) is 4. The number of hydrogen-bond donors (Lipinski definition) is 0. The molecular weight excluding hydrogens is 325 g/mol. The van der Waals surface area contributed by atoms with E-state index in [1.807, 2.05) is 6.92 Å². The number of anilines is 1. The Morgan fingerprint density at radius 1 is 1.33 bits per heavy atom. The summed E-state index contributed by atoms with van der Waals surface area (Å²) in [5.74, 6) is -1.31. The largest absolute Gasteiger partial charge is 0.454 e. The third-order valence-corrected chi connectivity index (χ3v) is 4.02. The molecule has 0 spiro atoms. The average molecular weight is 340 g/mol. The molecule has 0 radical (unpaired) electrons. The molecule has 1 aromatic carbocycles. The van der Waals surface area contributed by atoms with Gasteiger partial charge in [0.05, 0.1) is 17.7 Å². The lowest BCUT2D eigenvalue weighted by atomic mass is 10.0. The van der Waals surface area contributed by atoms with Gasteiger partial charge in [-0.2, -0.15) is 18.3 Å². The highest BCUT2D eigenvalue weighted by molar-refractivity contribution is 6.15. The summed E-state index contributed by atoms with van der Waals surface area (Å²) in [7, 11) is 0. The van der Waals surface area contributed by atoms with Crippen LogP contribution in [0.3, 0.4) is 0 Å². The molecule has 0 bridgehead atoms. The molecule has 0 fully saturated rings. The van der Waals surface area contributed by atoms with E-state index in [1.165, 1.54) is 12.1 Å². The Morgan fingerprint density at radius 2 is 2.08 bits per heavy atom. The molecule has 0 N–H and O–H groups in total. The number of nitrogens with zero attached hydrogens (tertiary/aromatic N) is 2. The molecule has 0 aromatic heterocycles. The van der Waals surface area contributed by atoms with E-state index in [4.69, 9.17) is 4.74 Å². The second-order valence-electron chi connectivity index (χ2n) is 5.73. The van der Waals surface area contributed by atoms with Gasteiger partial charge in [0.1, 0.15) is 6.10 Å². The van der Waals surface area contributed by atoms with E-state index in [9.17, 15) is 22.8 Å². The van der Waals surface area contributed by atoms with Crippen molar-refractivity contribution in [2.24, 2.45) is 5.10 Å². The van der Waals surface area contributed by atoms with Crippen molar-refractivity contribution < 1.29 is 27.5 Å². The number of alkyl halides is 3. The molecule has 128 valence electrons. The standard InChI is InChI=1S/C16H15F3N2O3/c1-2-3-4-12-10-6-5-9(7-11(10)15(23)24-12)21-14(22)8-13(20-21)16(17,18)19/h5-7,12H,2-4,8H2,1H3. The lowest BCUT2D eigenvalue weighted by Crippen LogP contribution is -2.22. The number of rotatable bonds is 4. The van der Waals surface area contributed by atoms with Crippen LogP contribution in [0.2, 0.25) is 0 Å². The lowest BCUT2D eigenvalue weighted by molar-refractivity contribution is -0.117. The average Bonchev–Trinajstić information content (AvgIpc) is 3.06. The van der Waals surface area contributed by atoms with Gasteiger partial charge in [0.2, 0.25) is 0 Å². The van der Waals surface area contributed by atoms with Crippen molar-refractivity contribution in [3.63, 3.8) is 0 Å². The second kappa shape index (κ2) is 5.92. The number of carbonyl (C=O) groups excluding carboxylic acids is 2. The Bertz CT molecular complexity index is 728. The fraction of sp³-hybridized carbons (Fsp3) is 0.438. The summed E-state index contributed by atoms with van der Waals surface area (Å²) in [6.07, 6.45) is -3.25. The highest BCUT2D eigenvalue weighted by Gasteiger charge is 2.43. The zero-order valence-corrected chi connectivity index (χ0v) is 12.9. The van der Waals surface area contributed by atoms with Crippen LogP contribution in [0.25, 0.3) is 0 Å². The van der Waals surface area contributed by atoms with Crippen LogP contribution < -0.4 is 5.01 Å². The summed E-state index contributed by atoms with van der Waals surface area (Å²) >= 11 is 0. The van der Waals surface area contributed by atoms with Gasteiger partial charge in [0.25, 0.3) is 5.91 Å². The smallest absolute Gasteiger partial charge is 0.431 e. The predicted octanol–water partition coefficient (Wildman–Crippen LogP) is 3.74. The molecule has 2 aliphatic rings. The number of hydrazone groups is 1. The van der Waals surface area contributed by atoms with Gasteiger partial charge in [-0.05, 0) is 25.0 Å². The number of esters is 1. The van der Waals surface area contributed by atoms with E-state index in [2.05, 4.69) is 5.10 Å². The van der Waals surface area contributed by atoms with Gasteiger partial charge >= 0.3 is 12.1 Å². The summed E-state index contributed by atoms with van der Waals surface area (Å²) in [5.41, 5.74) is -0.0385. The van der Waals surface area contributed by atoms with Crippen LogP contribution in [0.4, 0.5) is 18.9 Å². The molecular formula is C16H15F3N2O3. The first-order valence-corrected chi connectivity index (χ1v) is 7.64. The van der Waals surface area contributed by atoms with Gasteiger partial charge in [-0.1, -0.05) is 19.4 Å². The molecule has 8 heteroatoms. The minimum Gasteiger partial charge on any atom is -0.454 e. The maximum atomic E-state index is 12.7. The van der Waals surface area contributed by atoms with Crippen LogP contribution in [-0.4, -0.2) is 23.8 Å². The van der Waals surface area contributed by atoms with Crippen molar-refractivity contribution in [2.75, 3.05) is 5.01 Å². The fourth-order valence-electron chi connectivity index (χ4n) is 2.78. The zero-order chi connectivity index (χ0) is 17.5. The molecule has 5 nitrogen and oxygen atoms in total. The van der Waals surface area contributed by atoms with E-state index in [0.29, 0.717) is 17.0 Å². The van der Waals surface area contributed by atoms with E-state index >= 15 is 0 Å². The predicted molar refractivity (Wildman–Crippen MR) is 79.7 cm³/mol. The van der Waals surface area contributed by atoms with Gasteiger partial charge in [-0.25, -0.2) is 9.80 Å². The van der Waals surface area contributed by atoms with Crippen LogP contribution in [0.15, 0.2) is 23.3 Å². The molecule has 2 heterocycles.